The minimum absolute atomic E-state index is 0.0157. The normalized spacial score (nSPS) is 11.9. The molecule has 0 heterocycles. The fourth-order valence-electron chi connectivity index (χ4n) is 0.972. The Morgan fingerprint density at radius 3 is 2.69 bits per heavy atom. The van der Waals surface area contributed by atoms with Crippen molar-refractivity contribution in [1.82, 2.24) is 0 Å². The molecule has 1 aromatic rings. The van der Waals surface area contributed by atoms with Gasteiger partial charge in [-0.2, -0.15) is 0 Å². The number of halogens is 2. The zero-order valence-corrected chi connectivity index (χ0v) is 9.75. The topological polar surface area (TPSA) is 72.2 Å². The predicted octanol–water partition coefficient (Wildman–Crippen LogP) is 2.81. The summed E-state index contributed by atoms with van der Waals surface area (Å²) in [7, 11) is 0. The molecule has 5 nitrogen and oxygen atoms in total. The largest absolute Gasteiger partial charge is 0.325 e. The van der Waals surface area contributed by atoms with Gasteiger partial charge in [0.1, 0.15) is 10.4 Å². The summed E-state index contributed by atoms with van der Waals surface area (Å²) in [6, 6.07) is 3.99. The molecule has 1 N–H and O–H groups in total. The highest BCUT2D eigenvalue weighted by atomic mass is 35.5. The average molecular weight is 263 g/mol. The van der Waals surface area contributed by atoms with Gasteiger partial charge in [-0.15, -0.1) is 11.6 Å². The molecular formula is C9H8Cl2N2O3. The second-order valence-corrected chi connectivity index (χ2v) is 4.09. The molecule has 86 valence electrons. The van der Waals surface area contributed by atoms with Crippen molar-refractivity contribution >= 4 is 40.5 Å². The van der Waals surface area contributed by atoms with Gasteiger partial charge >= 0.3 is 0 Å². The van der Waals surface area contributed by atoms with Crippen LogP contribution in [-0.4, -0.2) is 16.2 Å². The first-order valence-electron chi connectivity index (χ1n) is 4.30. The zero-order chi connectivity index (χ0) is 12.3. The van der Waals surface area contributed by atoms with Crippen LogP contribution in [0, 0.1) is 10.1 Å². The SMILES string of the molecule is C[C@@H](Cl)C(=O)Nc1ccc(Cl)c([N+](=O)[O-])c1. The van der Waals surface area contributed by atoms with Crippen LogP contribution < -0.4 is 5.32 Å². The van der Waals surface area contributed by atoms with Gasteiger partial charge in [0.05, 0.1) is 4.92 Å². The Kier molecular flexibility index (Phi) is 4.09. The van der Waals surface area contributed by atoms with E-state index in [4.69, 9.17) is 23.2 Å². The molecule has 7 heteroatoms. The van der Waals surface area contributed by atoms with Crippen LogP contribution in [0.1, 0.15) is 6.92 Å². The lowest BCUT2D eigenvalue weighted by Gasteiger charge is -2.06. The molecule has 1 atom stereocenters. The first-order chi connectivity index (χ1) is 7.41. The maximum absolute atomic E-state index is 11.2. The van der Waals surface area contributed by atoms with Gasteiger partial charge in [-0.05, 0) is 19.1 Å². The molecule has 16 heavy (non-hydrogen) atoms. The first kappa shape index (κ1) is 12.7. The first-order valence-corrected chi connectivity index (χ1v) is 5.12. The Labute approximate surface area is 101 Å². The molecule has 0 fully saturated rings. The summed E-state index contributed by atoms with van der Waals surface area (Å²) in [4.78, 5) is 21.2. The van der Waals surface area contributed by atoms with E-state index in [1.165, 1.54) is 25.1 Å². The van der Waals surface area contributed by atoms with Crippen molar-refractivity contribution in [3.8, 4) is 0 Å². The highest BCUT2D eigenvalue weighted by Gasteiger charge is 2.15. The Morgan fingerprint density at radius 1 is 1.56 bits per heavy atom. The number of hydrogen-bond acceptors (Lipinski definition) is 3. The number of nitro groups is 1. The van der Waals surface area contributed by atoms with E-state index in [1.54, 1.807) is 0 Å². The van der Waals surface area contributed by atoms with Crippen molar-refractivity contribution in [3.63, 3.8) is 0 Å². The molecule has 0 bridgehead atoms. The van der Waals surface area contributed by atoms with Crippen LogP contribution in [0.5, 0.6) is 0 Å². The smallest absolute Gasteiger partial charge is 0.289 e. The van der Waals surface area contributed by atoms with Crippen LogP contribution >= 0.6 is 23.2 Å². The number of nitro benzene ring substituents is 1. The number of benzene rings is 1. The van der Waals surface area contributed by atoms with E-state index in [0.717, 1.165) is 0 Å². The van der Waals surface area contributed by atoms with E-state index < -0.39 is 16.2 Å². The summed E-state index contributed by atoms with van der Waals surface area (Å²) in [5.41, 5.74) is 0.0234. The zero-order valence-electron chi connectivity index (χ0n) is 8.24. The molecule has 1 rings (SSSR count). The quantitative estimate of drug-likeness (QED) is 0.517. The molecule has 0 spiro atoms. The summed E-state index contributed by atoms with van der Waals surface area (Å²) in [6.07, 6.45) is 0. The van der Waals surface area contributed by atoms with E-state index in [-0.39, 0.29) is 16.4 Å². The molecule has 0 saturated carbocycles. The summed E-state index contributed by atoms with van der Waals surface area (Å²) < 4.78 is 0. The Bertz CT molecular complexity index is 435. The highest BCUT2D eigenvalue weighted by molar-refractivity contribution is 6.33. The van der Waals surface area contributed by atoms with Gasteiger partial charge in [0.15, 0.2) is 0 Å². The number of nitrogens with one attached hydrogen (secondary N) is 1. The van der Waals surface area contributed by atoms with Crippen molar-refractivity contribution in [2.24, 2.45) is 0 Å². The van der Waals surface area contributed by atoms with E-state index in [9.17, 15) is 14.9 Å². The van der Waals surface area contributed by atoms with Gasteiger partial charge in [0, 0.05) is 11.8 Å². The lowest BCUT2D eigenvalue weighted by atomic mass is 10.2. The average Bonchev–Trinajstić information content (AvgIpc) is 2.20. The predicted molar refractivity (Wildman–Crippen MR) is 62.1 cm³/mol. The van der Waals surface area contributed by atoms with E-state index in [2.05, 4.69) is 5.32 Å². The van der Waals surface area contributed by atoms with Crippen LogP contribution in [0.4, 0.5) is 11.4 Å². The van der Waals surface area contributed by atoms with Gasteiger partial charge in [0.25, 0.3) is 5.69 Å². The molecule has 0 radical (unpaired) electrons. The van der Waals surface area contributed by atoms with Crippen molar-refractivity contribution < 1.29 is 9.72 Å². The molecule has 0 saturated heterocycles. The molecule has 0 aliphatic heterocycles. The minimum Gasteiger partial charge on any atom is -0.325 e. The number of carbonyl (C=O) groups excluding carboxylic acids is 1. The fraction of sp³-hybridized carbons (Fsp3) is 0.222. The molecular weight excluding hydrogens is 255 g/mol. The summed E-state index contributed by atoms with van der Waals surface area (Å²) in [5, 5.41) is 12.3. The molecule has 0 unspecified atom stereocenters. The minimum atomic E-state index is -0.713. The number of carbonyl (C=O) groups is 1. The third-order valence-corrected chi connectivity index (χ3v) is 2.29. The maximum Gasteiger partial charge on any atom is 0.289 e. The lowest BCUT2D eigenvalue weighted by molar-refractivity contribution is -0.384. The Morgan fingerprint density at radius 2 is 2.19 bits per heavy atom. The number of rotatable bonds is 3. The van der Waals surface area contributed by atoms with Crippen LogP contribution in [0.15, 0.2) is 18.2 Å². The van der Waals surface area contributed by atoms with Crippen molar-refractivity contribution in [3.05, 3.63) is 33.3 Å². The standard InChI is InChI=1S/C9H8Cl2N2O3/c1-5(10)9(14)12-6-2-3-7(11)8(4-6)13(15)16/h2-5H,1H3,(H,12,14)/t5-/m1/s1. The monoisotopic (exact) mass is 262 g/mol. The van der Waals surface area contributed by atoms with Gasteiger partial charge in [-0.1, -0.05) is 11.6 Å². The summed E-state index contributed by atoms with van der Waals surface area (Å²) >= 11 is 11.1. The lowest BCUT2D eigenvalue weighted by Crippen LogP contribution is -2.20. The van der Waals surface area contributed by atoms with E-state index in [0.29, 0.717) is 0 Å². The van der Waals surface area contributed by atoms with Gasteiger partial charge in [-0.25, -0.2) is 0 Å². The van der Waals surface area contributed by atoms with Crippen molar-refractivity contribution in [1.29, 1.82) is 0 Å². The number of anilines is 1. The van der Waals surface area contributed by atoms with Crippen LogP contribution in [0.25, 0.3) is 0 Å². The second kappa shape index (κ2) is 5.14. The molecule has 0 aliphatic rings. The number of nitrogens with zero attached hydrogens (tertiary/aromatic N) is 1. The fourth-order valence-corrected chi connectivity index (χ4v) is 1.21. The molecule has 1 amide bonds. The van der Waals surface area contributed by atoms with E-state index in [1.807, 2.05) is 0 Å². The Hall–Kier alpha value is -1.33. The number of hydrogen-bond donors (Lipinski definition) is 1. The van der Waals surface area contributed by atoms with Gasteiger partial charge in [0.2, 0.25) is 5.91 Å². The second-order valence-electron chi connectivity index (χ2n) is 3.03. The summed E-state index contributed by atoms with van der Waals surface area (Å²) in [5.74, 6) is -0.432. The van der Waals surface area contributed by atoms with Crippen molar-refractivity contribution in [2.45, 2.75) is 12.3 Å². The Balaban J connectivity index is 2.95. The number of amides is 1. The summed E-state index contributed by atoms with van der Waals surface area (Å²) in [6.45, 7) is 1.50. The highest BCUT2D eigenvalue weighted by Crippen LogP contribution is 2.27. The van der Waals surface area contributed by atoms with Gasteiger partial charge in [-0.3, -0.25) is 14.9 Å². The van der Waals surface area contributed by atoms with Crippen molar-refractivity contribution in [2.75, 3.05) is 5.32 Å². The third kappa shape index (κ3) is 3.08. The molecule has 0 aliphatic carbocycles. The van der Waals surface area contributed by atoms with Crippen LogP contribution in [-0.2, 0) is 4.79 Å². The molecule has 0 aromatic heterocycles. The van der Waals surface area contributed by atoms with E-state index >= 15 is 0 Å². The van der Waals surface area contributed by atoms with Crippen LogP contribution in [0.2, 0.25) is 5.02 Å². The number of alkyl halides is 1. The molecule has 1 aromatic carbocycles. The van der Waals surface area contributed by atoms with Gasteiger partial charge < -0.3 is 5.32 Å². The maximum atomic E-state index is 11.2. The third-order valence-electron chi connectivity index (χ3n) is 1.77. The van der Waals surface area contributed by atoms with Crippen LogP contribution in [0.3, 0.4) is 0 Å².